The van der Waals surface area contributed by atoms with Gasteiger partial charge in [0.05, 0.1) is 11.1 Å². The summed E-state index contributed by atoms with van der Waals surface area (Å²) in [4.78, 5) is 19.2. The van der Waals surface area contributed by atoms with E-state index in [1.54, 1.807) is 0 Å². The second-order valence-electron chi connectivity index (χ2n) is 13.6. The van der Waals surface area contributed by atoms with Gasteiger partial charge in [-0.3, -0.25) is 14.8 Å². The first-order chi connectivity index (χ1) is 23.9. The van der Waals surface area contributed by atoms with Crippen molar-refractivity contribution in [2.75, 3.05) is 31.5 Å². The van der Waals surface area contributed by atoms with Gasteiger partial charge < -0.3 is 14.8 Å². The molecule has 0 bridgehead atoms. The number of anilines is 2. The van der Waals surface area contributed by atoms with E-state index in [9.17, 15) is 5.11 Å². The summed E-state index contributed by atoms with van der Waals surface area (Å²) < 4.78 is 6.33. The molecule has 6 aromatic rings. The molecule has 1 unspecified atom stereocenters. The van der Waals surface area contributed by atoms with Crippen LogP contribution < -0.4 is 5.32 Å². The molecule has 49 heavy (non-hydrogen) atoms. The normalized spacial score (nSPS) is 17.3. The summed E-state index contributed by atoms with van der Waals surface area (Å²) in [5.41, 5.74) is 10.9. The lowest BCUT2D eigenvalue weighted by molar-refractivity contribution is 0.175. The van der Waals surface area contributed by atoms with Gasteiger partial charge in [-0.05, 0) is 116 Å². The lowest BCUT2D eigenvalue weighted by atomic mass is 9.93. The second kappa shape index (κ2) is 13.5. The Morgan fingerprint density at radius 1 is 0.857 bits per heavy atom. The Bertz CT molecular complexity index is 2160. The zero-order valence-corrected chi connectivity index (χ0v) is 28.8. The summed E-state index contributed by atoms with van der Waals surface area (Å²) in [5, 5.41) is 15.1. The molecular formula is C40H41ClN6O2. The predicted molar refractivity (Wildman–Crippen MR) is 197 cm³/mol. The van der Waals surface area contributed by atoms with Gasteiger partial charge in [-0.2, -0.15) is 0 Å². The second-order valence-corrected chi connectivity index (χ2v) is 14.0. The first kappa shape index (κ1) is 31.9. The lowest BCUT2D eigenvalue weighted by Gasteiger charge is -2.26. The number of likely N-dealkylation sites (tertiary alicyclic amines) is 2. The Morgan fingerprint density at radius 3 is 2.45 bits per heavy atom. The number of rotatable bonds is 8. The van der Waals surface area contributed by atoms with Crippen LogP contribution in [0.1, 0.15) is 47.9 Å². The minimum Gasteiger partial charge on any atom is -0.434 e. The summed E-state index contributed by atoms with van der Waals surface area (Å²) in [6.45, 7) is 9.79. The molecule has 8 rings (SSSR count). The third kappa shape index (κ3) is 6.54. The summed E-state index contributed by atoms with van der Waals surface area (Å²) in [6, 6.07) is 20.9. The van der Waals surface area contributed by atoms with E-state index >= 15 is 0 Å². The van der Waals surface area contributed by atoms with E-state index in [-0.39, 0.29) is 6.10 Å². The maximum absolute atomic E-state index is 9.92. The van der Waals surface area contributed by atoms with Gasteiger partial charge in [0.1, 0.15) is 11.0 Å². The van der Waals surface area contributed by atoms with Gasteiger partial charge in [0.25, 0.3) is 0 Å². The summed E-state index contributed by atoms with van der Waals surface area (Å²) in [5.74, 6) is 1.29. The number of benzene rings is 3. The number of nitrogens with zero attached hydrogens (tertiary/aromatic N) is 5. The fourth-order valence-corrected chi connectivity index (χ4v) is 7.75. The molecule has 0 amide bonds. The highest BCUT2D eigenvalue weighted by Gasteiger charge is 2.21. The number of piperidine rings is 1. The van der Waals surface area contributed by atoms with E-state index < -0.39 is 0 Å². The Kier molecular flexibility index (Phi) is 8.80. The number of β-amino-alcohol motifs (C(OH)–C–C–N with tert-alkyl or cyclic N) is 1. The summed E-state index contributed by atoms with van der Waals surface area (Å²) in [7, 11) is 0. The van der Waals surface area contributed by atoms with E-state index in [1.807, 2.05) is 24.5 Å². The fraction of sp³-hybridized carbons (Fsp3) is 0.325. The van der Waals surface area contributed by atoms with Crippen LogP contribution in [0.25, 0.3) is 44.6 Å². The van der Waals surface area contributed by atoms with E-state index in [0.717, 1.165) is 100 Å². The van der Waals surface area contributed by atoms with Gasteiger partial charge in [0.15, 0.2) is 11.4 Å². The maximum Gasteiger partial charge on any atom is 0.227 e. The minimum atomic E-state index is -0.234. The van der Waals surface area contributed by atoms with Crippen molar-refractivity contribution in [2.45, 2.75) is 58.7 Å². The molecule has 250 valence electrons. The highest BCUT2D eigenvalue weighted by atomic mass is 35.5. The standard InChI is InChI=1S/C40H41ClN6O2/c1-25-31(8-6-10-33(25)40-45-36-20-27(19-34(41)38(36)49-40)22-46-15-4-3-5-16-46)32-9-7-11-35(26(32)2)44-39-37-29(12-14-42-39)18-28(21-43-37)23-47-17-13-30(48)24-47/h6-12,14,18-21,30,48H,3-5,13,15-17,22-24H2,1-2H3,(H,42,44). The molecule has 2 aliphatic heterocycles. The summed E-state index contributed by atoms with van der Waals surface area (Å²) >= 11 is 6.76. The Labute approximate surface area is 291 Å². The molecule has 3 aromatic heterocycles. The number of aliphatic hydroxyl groups excluding tert-OH is 1. The zero-order chi connectivity index (χ0) is 33.5. The fourth-order valence-electron chi connectivity index (χ4n) is 7.48. The van der Waals surface area contributed by atoms with Crippen molar-refractivity contribution in [1.29, 1.82) is 0 Å². The molecule has 2 fully saturated rings. The van der Waals surface area contributed by atoms with Gasteiger partial charge in [0, 0.05) is 55.2 Å². The highest BCUT2D eigenvalue weighted by molar-refractivity contribution is 6.34. The van der Waals surface area contributed by atoms with Crippen LogP contribution in [0, 0.1) is 13.8 Å². The third-order valence-corrected chi connectivity index (χ3v) is 10.4. The molecule has 0 aliphatic carbocycles. The molecule has 2 saturated heterocycles. The molecule has 5 heterocycles. The Morgan fingerprint density at radius 2 is 1.63 bits per heavy atom. The molecule has 0 radical (unpaired) electrons. The van der Waals surface area contributed by atoms with Crippen LogP contribution in [0.4, 0.5) is 11.5 Å². The highest BCUT2D eigenvalue weighted by Crippen LogP contribution is 2.38. The van der Waals surface area contributed by atoms with Crippen molar-refractivity contribution < 1.29 is 9.52 Å². The number of hydrogen-bond donors (Lipinski definition) is 2. The van der Waals surface area contributed by atoms with Crippen LogP contribution in [0.2, 0.25) is 5.02 Å². The predicted octanol–water partition coefficient (Wildman–Crippen LogP) is 8.67. The number of pyridine rings is 2. The van der Waals surface area contributed by atoms with Crippen LogP contribution >= 0.6 is 11.6 Å². The quantitative estimate of drug-likeness (QED) is 0.166. The number of fused-ring (bicyclic) bond motifs is 2. The van der Waals surface area contributed by atoms with Gasteiger partial charge in [-0.25, -0.2) is 9.97 Å². The van der Waals surface area contributed by atoms with Crippen molar-refractivity contribution in [3.63, 3.8) is 0 Å². The Hall–Kier alpha value is -4.34. The van der Waals surface area contributed by atoms with Crippen LogP contribution in [-0.2, 0) is 13.1 Å². The first-order valence-electron chi connectivity index (χ1n) is 17.3. The van der Waals surface area contributed by atoms with Crippen molar-refractivity contribution in [1.82, 2.24) is 24.8 Å². The van der Waals surface area contributed by atoms with E-state index in [2.05, 4.69) is 82.5 Å². The third-order valence-electron chi connectivity index (χ3n) is 10.1. The molecule has 2 N–H and O–H groups in total. The lowest BCUT2D eigenvalue weighted by Crippen LogP contribution is -2.29. The zero-order valence-electron chi connectivity index (χ0n) is 28.0. The van der Waals surface area contributed by atoms with Crippen LogP contribution in [0.5, 0.6) is 0 Å². The molecule has 3 aromatic carbocycles. The number of nitrogens with one attached hydrogen (secondary N) is 1. The van der Waals surface area contributed by atoms with Crippen LogP contribution in [-0.4, -0.2) is 62.1 Å². The van der Waals surface area contributed by atoms with Crippen molar-refractivity contribution in [2.24, 2.45) is 0 Å². The summed E-state index contributed by atoms with van der Waals surface area (Å²) in [6.07, 6.45) is 8.16. The first-order valence-corrected chi connectivity index (χ1v) is 17.7. The molecule has 0 spiro atoms. The average Bonchev–Trinajstić information content (AvgIpc) is 3.72. The smallest absolute Gasteiger partial charge is 0.227 e. The van der Waals surface area contributed by atoms with Crippen LogP contribution in [0.15, 0.2) is 77.5 Å². The molecule has 8 nitrogen and oxygen atoms in total. The topological polar surface area (TPSA) is 90.5 Å². The average molecular weight is 673 g/mol. The minimum absolute atomic E-state index is 0.234. The maximum atomic E-state index is 9.92. The number of aliphatic hydroxyl groups is 1. The molecular weight excluding hydrogens is 632 g/mol. The van der Waals surface area contributed by atoms with Crippen LogP contribution in [0.3, 0.4) is 0 Å². The van der Waals surface area contributed by atoms with Crippen molar-refractivity contribution in [3.05, 3.63) is 100 Å². The van der Waals surface area contributed by atoms with Gasteiger partial charge in [-0.1, -0.05) is 42.3 Å². The number of halogens is 1. The molecule has 9 heteroatoms. The van der Waals surface area contributed by atoms with E-state index in [1.165, 1.54) is 24.8 Å². The van der Waals surface area contributed by atoms with Gasteiger partial charge >= 0.3 is 0 Å². The number of aromatic nitrogens is 3. The molecule has 1 atom stereocenters. The molecule has 0 saturated carbocycles. The monoisotopic (exact) mass is 672 g/mol. The number of oxazole rings is 1. The SMILES string of the molecule is Cc1c(Nc2nccc3cc(CN4CCC(O)C4)cnc23)cccc1-c1cccc(-c2nc3cc(CN4CCCCC4)cc(Cl)c3o2)c1C. The largest absolute Gasteiger partial charge is 0.434 e. The van der Waals surface area contributed by atoms with E-state index in [4.69, 9.17) is 26.0 Å². The van der Waals surface area contributed by atoms with E-state index in [0.29, 0.717) is 23.0 Å². The Balaban J connectivity index is 1.07. The number of hydrogen-bond acceptors (Lipinski definition) is 8. The van der Waals surface area contributed by atoms with Gasteiger partial charge in [-0.15, -0.1) is 0 Å². The van der Waals surface area contributed by atoms with Gasteiger partial charge in [0.2, 0.25) is 5.89 Å². The molecule has 2 aliphatic rings. The van der Waals surface area contributed by atoms with Crippen molar-refractivity contribution >= 4 is 45.1 Å². The van der Waals surface area contributed by atoms with Crippen molar-refractivity contribution in [3.8, 4) is 22.6 Å².